The Morgan fingerprint density at radius 3 is 2.66 bits per heavy atom. The molecule has 0 bridgehead atoms. The van der Waals surface area contributed by atoms with Gasteiger partial charge in [0.1, 0.15) is 18.3 Å². The van der Waals surface area contributed by atoms with Crippen LogP contribution in [0.4, 0.5) is 19.0 Å². The quantitative estimate of drug-likeness (QED) is 0.121. The van der Waals surface area contributed by atoms with Gasteiger partial charge in [0.2, 0.25) is 7.75 Å². The van der Waals surface area contributed by atoms with E-state index >= 15 is 0 Å². The SMILES string of the molecule is CSCCNc1nc(SCCC(F)(F)F)nc2c1ncn2[C@@H]1O[C@H](COP(=O)([O-])n2cccc2)C(O)[C@@H]1O. The zero-order valence-electron chi connectivity index (χ0n) is 19.9. The van der Waals surface area contributed by atoms with Gasteiger partial charge in [-0.1, -0.05) is 11.8 Å². The van der Waals surface area contributed by atoms with E-state index in [1.807, 2.05) is 6.26 Å². The molecule has 2 unspecified atom stereocenters. The van der Waals surface area contributed by atoms with E-state index in [1.165, 1.54) is 35.4 Å². The van der Waals surface area contributed by atoms with E-state index in [1.54, 1.807) is 11.8 Å². The van der Waals surface area contributed by atoms with Crippen LogP contribution in [0, 0.1) is 0 Å². The lowest BCUT2D eigenvalue weighted by atomic mass is 10.1. The third-order valence-electron chi connectivity index (χ3n) is 5.50. The highest BCUT2D eigenvalue weighted by Crippen LogP contribution is 2.41. The van der Waals surface area contributed by atoms with Gasteiger partial charge in [0.25, 0.3) is 0 Å². The monoisotopic (exact) mass is 597 g/mol. The summed E-state index contributed by atoms with van der Waals surface area (Å²) in [4.78, 5) is 25.2. The normalized spacial score (nSPS) is 23.7. The number of alkyl halides is 3. The predicted octanol–water partition coefficient (Wildman–Crippen LogP) is 2.10. The zero-order valence-corrected chi connectivity index (χ0v) is 22.4. The minimum Gasteiger partial charge on any atom is -0.761 e. The highest BCUT2D eigenvalue weighted by atomic mass is 32.2. The molecule has 3 N–H and O–H groups in total. The Balaban J connectivity index is 1.56. The van der Waals surface area contributed by atoms with Gasteiger partial charge < -0.3 is 29.7 Å². The number of nitrogens with zero attached hydrogens (tertiary/aromatic N) is 5. The van der Waals surface area contributed by atoms with Gasteiger partial charge in [-0.05, 0) is 18.4 Å². The molecule has 3 aromatic rings. The lowest BCUT2D eigenvalue weighted by Gasteiger charge is -2.26. The number of imidazole rings is 1. The maximum atomic E-state index is 12.6. The second-order valence-electron chi connectivity index (χ2n) is 8.19. The van der Waals surface area contributed by atoms with E-state index in [9.17, 15) is 32.8 Å². The molecule has 210 valence electrons. The van der Waals surface area contributed by atoms with Gasteiger partial charge in [-0.2, -0.15) is 24.9 Å². The Bertz CT molecular complexity index is 1270. The summed E-state index contributed by atoms with van der Waals surface area (Å²) >= 11 is 2.39. The van der Waals surface area contributed by atoms with Gasteiger partial charge in [0, 0.05) is 30.4 Å². The molecule has 3 aromatic heterocycles. The summed E-state index contributed by atoms with van der Waals surface area (Å²) in [5.41, 5.74) is 0.439. The first-order valence-corrected chi connectivity index (χ1v) is 15.2. The molecule has 4 heterocycles. The van der Waals surface area contributed by atoms with Gasteiger partial charge in [-0.25, -0.2) is 15.0 Å². The molecule has 1 aliphatic heterocycles. The molecule has 0 amide bonds. The molecule has 1 aliphatic rings. The van der Waals surface area contributed by atoms with Crippen LogP contribution in [-0.2, 0) is 13.8 Å². The van der Waals surface area contributed by atoms with Gasteiger partial charge in [0.05, 0.1) is 19.4 Å². The van der Waals surface area contributed by atoms with E-state index < -0.39 is 51.5 Å². The molecule has 4 rings (SSSR count). The van der Waals surface area contributed by atoms with Crippen molar-refractivity contribution >= 4 is 48.3 Å². The van der Waals surface area contributed by atoms with Crippen LogP contribution in [0.5, 0.6) is 0 Å². The Kier molecular flexibility index (Phi) is 9.30. The Morgan fingerprint density at radius 2 is 1.97 bits per heavy atom. The third-order valence-corrected chi connectivity index (χ3v) is 8.27. The van der Waals surface area contributed by atoms with Crippen LogP contribution in [0.15, 0.2) is 36.0 Å². The number of fused-ring (bicyclic) bond motifs is 1. The largest absolute Gasteiger partial charge is 0.761 e. The molecule has 0 aromatic carbocycles. The second-order valence-corrected chi connectivity index (χ2v) is 11.9. The number of aliphatic hydroxyl groups is 2. The number of hydrogen-bond acceptors (Lipinski definition) is 12. The van der Waals surface area contributed by atoms with Crippen LogP contribution in [0.2, 0.25) is 0 Å². The summed E-state index contributed by atoms with van der Waals surface area (Å²) in [5.74, 6) is 0.725. The number of ether oxygens (including phenoxy) is 1. The summed E-state index contributed by atoms with van der Waals surface area (Å²) in [6.45, 7) is -0.0700. The van der Waals surface area contributed by atoms with Crippen molar-refractivity contribution in [3.05, 3.63) is 30.9 Å². The first-order valence-electron chi connectivity index (χ1n) is 11.3. The van der Waals surface area contributed by atoms with Crippen LogP contribution in [0.1, 0.15) is 12.6 Å². The molecule has 5 atom stereocenters. The number of aromatic nitrogens is 5. The maximum absolute atomic E-state index is 12.6. The van der Waals surface area contributed by atoms with E-state index in [4.69, 9.17) is 9.26 Å². The van der Waals surface area contributed by atoms with Gasteiger partial charge in [0.15, 0.2) is 28.4 Å². The Morgan fingerprint density at radius 1 is 1.24 bits per heavy atom. The smallest absolute Gasteiger partial charge is 0.389 e. The van der Waals surface area contributed by atoms with E-state index in [2.05, 4.69) is 20.3 Å². The van der Waals surface area contributed by atoms with Crippen molar-refractivity contribution in [2.45, 2.75) is 42.3 Å². The van der Waals surface area contributed by atoms with E-state index in [0.29, 0.717) is 12.4 Å². The van der Waals surface area contributed by atoms with Crippen molar-refractivity contribution < 1.29 is 42.1 Å². The molecule has 38 heavy (non-hydrogen) atoms. The lowest BCUT2D eigenvalue weighted by molar-refractivity contribution is -0.205. The van der Waals surface area contributed by atoms with Crippen LogP contribution >= 0.6 is 31.3 Å². The van der Waals surface area contributed by atoms with Crippen LogP contribution in [0.25, 0.3) is 11.2 Å². The maximum Gasteiger partial charge on any atom is 0.389 e. The van der Waals surface area contributed by atoms with Crippen LogP contribution in [-0.4, -0.2) is 89.5 Å². The average Bonchev–Trinajstić information content (AvgIpc) is 3.59. The fourth-order valence-corrected chi connectivity index (χ4v) is 5.70. The third kappa shape index (κ3) is 6.83. The first kappa shape index (κ1) is 29.1. The molecular weight excluding hydrogens is 572 g/mol. The molecule has 0 radical (unpaired) electrons. The topological polar surface area (TPSA) is 160 Å². The number of halogens is 3. The second kappa shape index (κ2) is 12.1. The van der Waals surface area contributed by atoms with Crippen molar-refractivity contribution in [1.29, 1.82) is 0 Å². The van der Waals surface area contributed by atoms with Gasteiger partial charge in [-0.3, -0.25) is 13.5 Å². The molecule has 0 spiro atoms. The molecule has 0 saturated carbocycles. The van der Waals surface area contributed by atoms with Crippen molar-refractivity contribution in [2.24, 2.45) is 0 Å². The Hall–Kier alpha value is -1.85. The minimum absolute atomic E-state index is 0.0575. The van der Waals surface area contributed by atoms with Crippen molar-refractivity contribution in [3.63, 3.8) is 0 Å². The first-order chi connectivity index (χ1) is 18.0. The highest BCUT2D eigenvalue weighted by Gasteiger charge is 2.45. The summed E-state index contributed by atoms with van der Waals surface area (Å²) < 4.78 is 63.2. The number of rotatable bonds is 12. The fourth-order valence-electron chi connectivity index (χ4n) is 3.62. The molecular formula is C20H25F3N6O6PS2-. The minimum atomic E-state index is -4.50. The van der Waals surface area contributed by atoms with E-state index in [0.717, 1.165) is 21.9 Å². The average molecular weight is 598 g/mol. The Labute approximate surface area is 223 Å². The van der Waals surface area contributed by atoms with Gasteiger partial charge in [-0.15, -0.1) is 0 Å². The molecule has 18 heteroatoms. The fraction of sp³-hybridized carbons (Fsp3) is 0.550. The highest BCUT2D eigenvalue weighted by molar-refractivity contribution is 7.99. The van der Waals surface area contributed by atoms with Crippen molar-refractivity contribution in [1.82, 2.24) is 23.9 Å². The predicted molar refractivity (Wildman–Crippen MR) is 133 cm³/mol. The number of thioether (sulfide) groups is 2. The molecule has 1 saturated heterocycles. The van der Waals surface area contributed by atoms with Crippen LogP contribution < -0.4 is 10.2 Å². The molecule has 12 nitrogen and oxygen atoms in total. The zero-order chi connectivity index (χ0) is 27.5. The molecule has 0 aliphatic carbocycles. The van der Waals surface area contributed by atoms with Gasteiger partial charge >= 0.3 is 6.18 Å². The lowest BCUT2D eigenvalue weighted by Crippen LogP contribution is -2.34. The summed E-state index contributed by atoms with van der Waals surface area (Å²) in [6, 6.07) is 3.00. The molecule has 1 fully saturated rings. The number of aliphatic hydroxyl groups excluding tert-OH is 2. The number of hydrogen-bond donors (Lipinski definition) is 3. The van der Waals surface area contributed by atoms with E-state index in [-0.39, 0.29) is 22.1 Å². The summed E-state index contributed by atoms with van der Waals surface area (Å²) in [7, 11) is -4.50. The summed E-state index contributed by atoms with van der Waals surface area (Å²) in [6.07, 6.45) is -5.05. The number of anilines is 1. The standard InChI is InChI=1S/C20H26F3N6O6PS2/c1-37-9-5-24-16-13-17(27-19(26-16)38-8-4-20(21,22)23)29(11-25-13)18-15(31)14(30)12(35-18)10-34-36(32,33)28-6-2-3-7-28/h2-3,6-7,11-12,14-15,18,30-31H,4-5,8-10H2,1H3,(H,32,33)(H,24,26,27)/p-1/t12-,14?,15+,18-/m1/s1. The van der Waals surface area contributed by atoms with Crippen molar-refractivity contribution in [2.75, 3.05) is 36.2 Å². The van der Waals surface area contributed by atoms with Crippen molar-refractivity contribution in [3.8, 4) is 0 Å². The van der Waals surface area contributed by atoms with Crippen LogP contribution in [0.3, 0.4) is 0 Å². The summed E-state index contributed by atoms with van der Waals surface area (Å²) in [5, 5.41) is 24.4. The number of nitrogens with one attached hydrogen (secondary N) is 1.